The van der Waals surface area contributed by atoms with Gasteiger partial charge in [-0.25, -0.2) is 10.6 Å². The van der Waals surface area contributed by atoms with Gasteiger partial charge in [-0.15, -0.1) is 0 Å². The van der Waals surface area contributed by atoms with E-state index >= 15 is 0 Å². The summed E-state index contributed by atoms with van der Waals surface area (Å²) in [4.78, 5) is 29.9. The lowest BCUT2D eigenvalue weighted by Crippen LogP contribution is -2.70. The number of phenols is 1. The lowest BCUT2D eigenvalue weighted by molar-refractivity contribution is -0.157. The zero-order chi connectivity index (χ0) is 22.6. The van der Waals surface area contributed by atoms with E-state index in [2.05, 4.69) is 4.90 Å². The van der Waals surface area contributed by atoms with Gasteiger partial charge in [0.2, 0.25) is 0 Å². The summed E-state index contributed by atoms with van der Waals surface area (Å²) in [5.74, 6) is 6.69. The van der Waals surface area contributed by atoms with Crippen molar-refractivity contribution in [2.24, 2.45) is 17.7 Å². The molecule has 5 fully saturated rings. The Morgan fingerprint density at radius 3 is 2.62 bits per heavy atom. The van der Waals surface area contributed by atoms with E-state index < -0.39 is 28.5 Å². The molecule has 8 heteroatoms. The van der Waals surface area contributed by atoms with Crippen molar-refractivity contribution in [1.82, 2.24) is 14.8 Å². The molecule has 1 unspecified atom stereocenters. The van der Waals surface area contributed by atoms with Gasteiger partial charge < -0.3 is 15.1 Å². The number of hydrogen-bond acceptors (Lipinski definition) is 6. The van der Waals surface area contributed by atoms with Crippen molar-refractivity contribution < 1.29 is 19.8 Å². The first-order valence-electron chi connectivity index (χ1n) is 11.8. The Balaban J connectivity index is 1.49. The molecule has 5 atom stereocenters. The van der Waals surface area contributed by atoms with E-state index in [1.165, 1.54) is 17.7 Å². The molecule has 1 aromatic rings. The zero-order valence-electron chi connectivity index (χ0n) is 18.8. The summed E-state index contributed by atoms with van der Waals surface area (Å²) in [5.41, 5.74) is -0.958. The van der Waals surface area contributed by atoms with Gasteiger partial charge in [-0.1, -0.05) is 6.07 Å². The summed E-state index contributed by atoms with van der Waals surface area (Å²) < 4.78 is 0. The molecule has 1 spiro atoms. The Bertz CT molecular complexity index is 1030. The fourth-order valence-corrected chi connectivity index (χ4v) is 7.70. The first-order chi connectivity index (χ1) is 15.1. The van der Waals surface area contributed by atoms with Crippen molar-refractivity contribution in [3.8, 4) is 5.75 Å². The number of urea groups is 1. The number of likely N-dealkylation sites (tertiary alicyclic amines) is 1. The van der Waals surface area contributed by atoms with E-state index in [0.29, 0.717) is 25.2 Å². The topological polar surface area (TPSA) is 110 Å². The van der Waals surface area contributed by atoms with E-state index in [-0.39, 0.29) is 11.8 Å². The quantitative estimate of drug-likeness (QED) is 0.373. The van der Waals surface area contributed by atoms with E-state index in [1.54, 1.807) is 19.2 Å². The Hall–Kier alpha value is -2.16. The molecule has 4 N–H and O–H groups in total. The monoisotopic (exact) mass is 440 g/mol. The highest BCUT2D eigenvalue weighted by Crippen LogP contribution is 2.66. The van der Waals surface area contributed by atoms with Crippen LogP contribution in [0.4, 0.5) is 4.79 Å². The molecule has 3 saturated carbocycles. The Morgan fingerprint density at radius 1 is 1.22 bits per heavy atom. The number of imide groups is 1. The summed E-state index contributed by atoms with van der Waals surface area (Å²) in [6.45, 7) is 3.98. The highest BCUT2D eigenvalue weighted by atomic mass is 16.3. The van der Waals surface area contributed by atoms with Crippen LogP contribution in [0.15, 0.2) is 18.2 Å². The minimum absolute atomic E-state index is 0.0497. The van der Waals surface area contributed by atoms with E-state index in [4.69, 9.17) is 5.84 Å². The first-order valence-corrected chi connectivity index (χ1v) is 11.8. The Morgan fingerprint density at radius 2 is 1.97 bits per heavy atom. The molecule has 8 nitrogen and oxygen atoms in total. The summed E-state index contributed by atoms with van der Waals surface area (Å²) in [5, 5.41) is 23.6. The number of amides is 3. The van der Waals surface area contributed by atoms with Crippen LogP contribution in [-0.2, 0) is 10.2 Å². The predicted octanol–water partition coefficient (Wildman–Crippen LogP) is 1.47. The summed E-state index contributed by atoms with van der Waals surface area (Å²) in [7, 11) is 1.64. The van der Waals surface area contributed by atoms with Gasteiger partial charge in [0.05, 0.1) is 5.60 Å². The molecule has 32 heavy (non-hydrogen) atoms. The second-order valence-electron chi connectivity index (χ2n) is 11.0. The van der Waals surface area contributed by atoms with Crippen LogP contribution in [0.1, 0.15) is 49.7 Å². The summed E-state index contributed by atoms with van der Waals surface area (Å²) in [6.07, 6.45) is 4.39. The van der Waals surface area contributed by atoms with Crippen molar-refractivity contribution in [3.05, 3.63) is 29.3 Å². The molecule has 1 aromatic carbocycles. The van der Waals surface area contributed by atoms with Gasteiger partial charge in [0, 0.05) is 31.6 Å². The van der Waals surface area contributed by atoms with Gasteiger partial charge in [0.1, 0.15) is 11.3 Å². The fraction of sp³-hybridized carbons (Fsp3) is 0.667. The lowest BCUT2D eigenvalue weighted by atomic mass is 9.54. The van der Waals surface area contributed by atoms with Crippen LogP contribution in [0.5, 0.6) is 5.75 Å². The van der Waals surface area contributed by atoms with Crippen LogP contribution >= 0.6 is 0 Å². The Kier molecular flexibility index (Phi) is 3.99. The normalized spacial score (nSPS) is 41.2. The van der Waals surface area contributed by atoms with Gasteiger partial charge in [0.15, 0.2) is 0 Å². The summed E-state index contributed by atoms with van der Waals surface area (Å²) >= 11 is 0. The molecule has 2 saturated heterocycles. The van der Waals surface area contributed by atoms with Gasteiger partial charge >= 0.3 is 6.03 Å². The van der Waals surface area contributed by atoms with Gasteiger partial charge in [0.25, 0.3) is 5.91 Å². The van der Waals surface area contributed by atoms with Crippen molar-refractivity contribution in [2.45, 2.75) is 68.0 Å². The molecule has 0 radical (unpaired) electrons. The van der Waals surface area contributed by atoms with Crippen molar-refractivity contribution in [3.63, 3.8) is 0 Å². The molecule has 3 aliphatic carbocycles. The number of carbonyl (C=O) groups is 2. The van der Waals surface area contributed by atoms with Crippen molar-refractivity contribution in [2.75, 3.05) is 20.1 Å². The minimum atomic E-state index is -1.07. The second kappa shape index (κ2) is 6.24. The van der Waals surface area contributed by atoms with Crippen molar-refractivity contribution in [1.29, 1.82) is 0 Å². The number of nitrogens with zero attached hydrogens (tertiary/aromatic N) is 3. The van der Waals surface area contributed by atoms with Crippen LogP contribution in [0.2, 0.25) is 0 Å². The highest BCUT2D eigenvalue weighted by molar-refractivity contribution is 6.06. The maximum Gasteiger partial charge on any atom is 0.342 e. The lowest BCUT2D eigenvalue weighted by Gasteiger charge is -2.58. The van der Waals surface area contributed by atoms with Crippen LogP contribution in [-0.4, -0.2) is 74.3 Å². The highest BCUT2D eigenvalue weighted by Gasteiger charge is 2.75. The summed E-state index contributed by atoms with van der Waals surface area (Å²) in [6, 6.07) is 4.85. The van der Waals surface area contributed by atoms with Crippen LogP contribution in [0.25, 0.3) is 0 Å². The third-order valence-electron chi connectivity index (χ3n) is 9.43. The number of benzene rings is 1. The van der Waals surface area contributed by atoms with E-state index in [1.807, 2.05) is 13.0 Å². The molecular weight excluding hydrogens is 408 g/mol. The van der Waals surface area contributed by atoms with E-state index in [9.17, 15) is 19.8 Å². The molecule has 2 aliphatic heterocycles. The number of rotatable bonds is 3. The van der Waals surface area contributed by atoms with Gasteiger partial charge in [-0.2, -0.15) is 5.01 Å². The molecule has 0 aromatic heterocycles. The smallest absolute Gasteiger partial charge is 0.342 e. The van der Waals surface area contributed by atoms with Crippen LogP contribution in [0.3, 0.4) is 0 Å². The molecule has 6 rings (SSSR count). The molecule has 3 amide bonds. The van der Waals surface area contributed by atoms with Gasteiger partial charge in [-0.05, 0) is 80.5 Å². The number of aromatic hydroxyl groups is 1. The number of aliphatic hydroxyl groups is 1. The minimum Gasteiger partial charge on any atom is -0.508 e. The standard InChI is InChI=1S/C24H32N4O4/c1-14-3-6-17(29)9-18(14)22-10-16-12-27(11-15-4-5-15)19(16)24(22,32)8-7-23(13-22)20(30)28(25)21(31)26(23)2/h3,6,9,15-16,19,29,32H,4-5,7-8,10-13,25H2,1-2H3/t16?,19-,22-,23+,24-/m1/s1. The Labute approximate surface area is 187 Å². The molecule has 2 heterocycles. The number of fused-ring (bicyclic) bond motifs is 3. The molecule has 5 aliphatic rings. The number of hydrogen-bond donors (Lipinski definition) is 3. The maximum atomic E-state index is 13.3. The number of phenolic OH excluding ortho intramolecular Hbond substituents is 1. The number of carbonyl (C=O) groups excluding carboxylic acids is 2. The third-order valence-corrected chi connectivity index (χ3v) is 9.43. The number of aryl methyl sites for hydroxylation is 1. The third kappa shape index (κ3) is 2.33. The molecule has 172 valence electrons. The first kappa shape index (κ1) is 20.4. The SMILES string of the molecule is Cc1ccc(O)cc1[C@]12CC3CN(CC4CC4)[C@H]3[C@]1(O)CC[C@]1(C2)C(=O)N(N)C(=O)N1C. The fourth-order valence-electron chi connectivity index (χ4n) is 7.70. The average molecular weight is 441 g/mol. The van der Waals surface area contributed by atoms with Gasteiger partial charge in [-0.3, -0.25) is 9.69 Å². The van der Waals surface area contributed by atoms with Crippen molar-refractivity contribution >= 4 is 11.9 Å². The molecular formula is C24H32N4O4. The van der Waals surface area contributed by atoms with E-state index in [0.717, 1.165) is 41.6 Å². The second-order valence-corrected chi connectivity index (χ2v) is 11.0. The average Bonchev–Trinajstić information content (AvgIpc) is 3.52. The molecule has 0 bridgehead atoms. The maximum absolute atomic E-state index is 13.3. The number of hydrazine groups is 1. The predicted molar refractivity (Wildman–Crippen MR) is 116 cm³/mol. The number of likely N-dealkylation sites (N-methyl/N-ethyl adjacent to an activating group) is 1. The van der Waals surface area contributed by atoms with Crippen LogP contribution < -0.4 is 5.84 Å². The largest absolute Gasteiger partial charge is 0.508 e. The van der Waals surface area contributed by atoms with Crippen LogP contribution in [0, 0.1) is 18.8 Å². The zero-order valence-corrected chi connectivity index (χ0v) is 18.8. The number of nitrogens with two attached hydrogens (primary N) is 1.